The molecule has 1 atom stereocenters. The molecule has 0 aliphatic heterocycles. The van der Waals surface area contributed by atoms with Gasteiger partial charge in [0.1, 0.15) is 0 Å². The van der Waals surface area contributed by atoms with Crippen molar-refractivity contribution in [1.82, 2.24) is 0 Å². The zero-order valence-electron chi connectivity index (χ0n) is 31.4. The smallest absolute Gasteiger partial charge is 1.00 e. The molecule has 0 aromatic heterocycles. The molecule has 0 N–H and O–H groups in total. The largest absolute Gasteiger partial charge is 3.00 e. The second kappa shape index (κ2) is 14.7. The molecule has 4 aromatic carbocycles. The molecule has 0 bridgehead atoms. The molecule has 2 aliphatic rings. The van der Waals surface area contributed by atoms with Crippen molar-refractivity contribution in [2.45, 2.75) is 93.9 Å². The molecule has 4 aromatic rings. The second-order valence-electron chi connectivity index (χ2n) is 16.8. The first-order chi connectivity index (χ1) is 21.4. The van der Waals surface area contributed by atoms with E-state index in [1.807, 2.05) is 0 Å². The molecule has 0 saturated carbocycles. The number of hydrogen-bond donors (Lipinski definition) is 0. The average molecular weight is 766 g/mol. The molecular weight excluding hydrogens is 715 g/mol. The van der Waals surface area contributed by atoms with Crippen LogP contribution in [0.5, 0.6) is 0 Å². The van der Waals surface area contributed by atoms with Gasteiger partial charge in [0, 0.05) is 0 Å². The third kappa shape index (κ3) is 7.91. The summed E-state index contributed by atoms with van der Waals surface area (Å²) in [5.74, 6) is 0.313. The van der Waals surface area contributed by atoms with Crippen molar-refractivity contribution in [2.24, 2.45) is 11.3 Å². The van der Waals surface area contributed by atoms with E-state index >= 15 is 0 Å². The number of halogens is 2. The number of rotatable bonds is 3. The average Bonchev–Trinajstić information content (AvgIpc) is 3.53. The molecule has 1 unspecified atom stereocenters. The maximum atomic E-state index is 4.01. The Morgan fingerprint density at radius 1 is 0.633 bits per heavy atom. The maximum absolute atomic E-state index is 4.01. The van der Waals surface area contributed by atoms with Gasteiger partial charge >= 0.3 is 26.2 Å². The molecule has 0 amide bonds. The normalized spacial score (nSPS) is 15.1. The molecule has 253 valence electrons. The van der Waals surface area contributed by atoms with Crippen LogP contribution in [0, 0.1) is 25.2 Å². The molecule has 0 saturated heterocycles. The number of fused-ring (bicyclic) bond motifs is 3. The summed E-state index contributed by atoms with van der Waals surface area (Å²) in [5.41, 5.74) is 17.1. The van der Waals surface area contributed by atoms with Crippen molar-refractivity contribution in [2.75, 3.05) is 0 Å². The van der Waals surface area contributed by atoms with Crippen molar-refractivity contribution in [1.29, 1.82) is 0 Å². The Hall–Kier alpha value is -2.44. The van der Waals surface area contributed by atoms with Crippen molar-refractivity contribution in [3.63, 3.8) is 0 Å². The van der Waals surface area contributed by atoms with Crippen LogP contribution in [0.3, 0.4) is 0 Å². The van der Waals surface area contributed by atoms with Gasteiger partial charge in [0.25, 0.3) is 0 Å². The van der Waals surface area contributed by atoms with Gasteiger partial charge in [-0.25, -0.2) is 0 Å². The van der Waals surface area contributed by atoms with E-state index in [1.54, 1.807) is 0 Å². The summed E-state index contributed by atoms with van der Waals surface area (Å²) in [7, 11) is 0. The molecule has 2 aliphatic carbocycles. The molecule has 3 heteroatoms. The molecule has 0 heterocycles. The Morgan fingerprint density at radius 3 is 1.61 bits per heavy atom. The Bertz CT molecular complexity index is 1990. The minimum Gasteiger partial charge on any atom is -1.00 e. The van der Waals surface area contributed by atoms with Gasteiger partial charge in [-0.3, -0.25) is 0 Å². The van der Waals surface area contributed by atoms with Gasteiger partial charge in [0.2, 0.25) is 0 Å². The van der Waals surface area contributed by atoms with Crippen LogP contribution >= 0.6 is 0 Å². The zero-order chi connectivity index (χ0) is 33.3. The standard InChI is InChI=1S/C46H51.2ClH.Zr/c1-28-13-17-31(18-14-28)41(32-19-15-29(2)16-20-32)40-27-38-36-22-21-34(44(4,5)6)24-33(36)25-39(38)42(43(40)46(10,11)12)37-26-35(23-30(37)3)45(7,8)9;;;/h13-24,26-27,30H,1-12H3;2*1H;/q-1;;;+3/p-2. The van der Waals surface area contributed by atoms with E-state index in [9.17, 15) is 0 Å². The molecule has 49 heavy (non-hydrogen) atoms. The van der Waals surface area contributed by atoms with Gasteiger partial charge in [-0.1, -0.05) is 182 Å². The Kier molecular flexibility index (Phi) is 12.3. The summed E-state index contributed by atoms with van der Waals surface area (Å²) in [6.45, 7) is 27.8. The van der Waals surface area contributed by atoms with E-state index < -0.39 is 0 Å². The minimum atomic E-state index is -0.127. The summed E-state index contributed by atoms with van der Waals surface area (Å²) < 4.78 is 0. The molecule has 0 fully saturated rings. The fourth-order valence-electron chi connectivity index (χ4n) is 7.16. The monoisotopic (exact) mass is 763 g/mol. The van der Waals surface area contributed by atoms with Crippen LogP contribution in [0.1, 0.15) is 114 Å². The van der Waals surface area contributed by atoms with E-state index in [1.165, 1.54) is 82.8 Å². The summed E-state index contributed by atoms with van der Waals surface area (Å²) in [6, 6.07) is 27.8. The van der Waals surface area contributed by atoms with Gasteiger partial charge in [-0.15, -0.1) is 34.1 Å². The van der Waals surface area contributed by atoms with E-state index in [4.69, 9.17) is 0 Å². The Balaban J connectivity index is 0.00000217. The predicted octanol–water partition coefficient (Wildman–Crippen LogP) is 4.84. The van der Waals surface area contributed by atoms with Gasteiger partial charge in [0.05, 0.1) is 0 Å². The number of benzene rings is 4. The van der Waals surface area contributed by atoms with Crippen LogP contribution in [-0.2, 0) is 37.0 Å². The summed E-state index contributed by atoms with van der Waals surface area (Å²) in [5, 5.41) is 2.57. The van der Waals surface area contributed by atoms with E-state index in [2.05, 4.69) is 174 Å². The van der Waals surface area contributed by atoms with Crippen LogP contribution in [0.2, 0.25) is 0 Å². The van der Waals surface area contributed by atoms with Gasteiger partial charge < -0.3 is 24.8 Å². The SMILES string of the molecule is Cc1ccc(C(c2ccc(C)cc2)=c2cc3c(c(C4=CC(C(C)(C)C)=CC4C)c2C(C)(C)C)=[C-]c2cc(C(C)(C)C)ccc2-3)cc1.[Cl-].[Cl-].[Zr+3]. The van der Waals surface area contributed by atoms with Gasteiger partial charge in [-0.2, -0.15) is 0 Å². The zero-order valence-corrected chi connectivity index (χ0v) is 35.4. The third-order valence-corrected chi connectivity index (χ3v) is 9.85. The quantitative estimate of drug-likeness (QED) is 0.231. The fraction of sp³-hybridized carbons (Fsp3) is 0.348. The van der Waals surface area contributed by atoms with Crippen LogP contribution in [0.15, 0.2) is 90.5 Å². The van der Waals surface area contributed by atoms with Gasteiger partial charge in [-0.05, 0) is 63.5 Å². The molecule has 1 radical (unpaired) electrons. The maximum Gasteiger partial charge on any atom is 3.00 e. The number of hydrogen-bond acceptors (Lipinski definition) is 0. The molecule has 0 spiro atoms. The van der Waals surface area contributed by atoms with Crippen molar-refractivity contribution < 1.29 is 51.0 Å². The van der Waals surface area contributed by atoms with Crippen molar-refractivity contribution in [3.05, 3.63) is 145 Å². The third-order valence-electron chi connectivity index (χ3n) is 9.85. The Labute approximate surface area is 327 Å². The number of allylic oxidation sites excluding steroid dienone is 4. The summed E-state index contributed by atoms with van der Waals surface area (Å²) in [6.07, 6.45) is 9.00. The van der Waals surface area contributed by atoms with Crippen LogP contribution in [0.4, 0.5) is 0 Å². The fourth-order valence-corrected chi connectivity index (χ4v) is 7.16. The molecule has 6 rings (SSSR count). The minimum absolute atomic E-state index is 0. The van der Waals surface area contributed by atoms with Crippen molar-refractivity contribution in [3.8, 4) is 11.1 Å². The van der Waals surface area contributed by atoms with Crippen molar-refractivity contribution >= 4 is 17.2 Å². The van der Waals surface area contributed by atoms with E-state index in [0.29, 0.717) is 5.92 Å². The summed E-state index contributed by atoms with van der Waals surface area (Å²) >= 11 is 0. The van der Waals surface area contributed by atoms with Gasteiger partial charge in [0.15, 0.2) is 0 Å². The molecule has 0 nitrogen and oxygen atoms in total. The Morgan fingerprint density at radius 2 is 1.16 bits per heavy atom. The first kappa shape index (κ1) is 41.0. The first-order valence-electron chi connectivity index (χ1n) is 17.0. The molecular formula is C46H51Cl2Zr. The van der Waals surface area contributed by atoms with Crippen LogP contribution < -0.4 is 35.3 Å². The van der Waals surface area contributed by atoms with Crippen LogP contribution in [-0.4, -0.2) is 0 Å². The first-order valence-corrected chi connectivity index (χ1v) is 17.0. The van der Waals surface area contributed by atoms with Crippen LogP contribution in [0.25, 0.3) is 28.3 Å². The predicted molar refractivity (Wildman–Crippen MR) is 200 cm³/mol. The van der Waals surface area contributed by atoms with E-state index in [0.717, 1.165) is 0 Å². The number of aryl methyl sites for hydroxylation is 2. The summed E-state index contributed by atoms with van der Waals surface area (Å²) in [4.78, 5) is 0. The second-order valence-corrected chi connectivity index (χ2v) is 16.8. The van der Waals surface area contributed by atoms with E-state index in [-0.39, 0.29) is 67.3 Å². The topological polar surface area (TPSA) is 0 Å².